The molecule has 1 aromatic heterocycles. The molecule has 7 nitrogen and oxygen atoms in total. The standard InChI is InChI=1S/C19H28N6O.ClH/c1-23-10-8-20-15-17(23)19-21-18(26-22-19)7-9-24-11-13-25(14-12-24)16-5-3-2-4-6-16;/h2-6,17,20H,7-15H2,1H3;1H. The normalized spacial score (nSPS) is 21.8. The molecular formula is C19H29ClN6O. The van der Waals surface area contributed by atoms with Gasteiger partial charge in [0.2, 0.25) is 5.89 Å². The van der Waals surface area contributed by atoms with E-state index >= 15 is 0 Å². The van der Waals surface area contributed by atoms with Crippen molar-refractivity contribution < 1.29 is 4.52 Å². The van der Waals surface area contributed by atoms with Crippen LogP contribution in [0.15, 0.2) is 34.9 Å². The monoisotopic (exact) mass is 392 g/mol. The van der Waals surface area contributed by atoms with Crippen LogP contribution in [0.2, 0.25) is 0 Å². The first-order chi connectivity index (χ1) is 12.8. The van der Waals surface area contributed by atoms with Crippen LogP contribution in [-0.4, -0.2) is 79.3 Å². The summed E-state index contributed by atoms with van der Waals surface area (Å²) in [6.07, 6.45) is 0.822. The van der Waals surface area contributed by atoms with Crippen molar-refractivity contribution in [3.05, 3.63) is 42.0 Å². The molecule has 4 rings (SSSR count). The quantitative estimate of drug-likeness (QED) is 0.825. The van der Waals surface area contributed by atoms with Crippen LogP contribution in [0.4, 0.5) is 5.69 Å². The number of hydrogen-bond donors (Lipinski definition) is 1. The summed E-state index contributed by atoms with van der Waals surface area (Å²) in [4.78, 5) is 11.9. The van der Waals surface area contributed by atoms with Gasteiger partial charge in [-0.05, 0) is 19.2 Å². The van der Waals surface area contributed by atoms with Gasteiger partial charge in [-0.3, -0.25) is 9.80 Å². The van der Waals surface area contributed by atoms with Gasteiger partial charge in [-0.15, -0.1) is 12.4 Å². The summed E-state index contributed by atoms with van der Waals surface area (Å²) in [6, 6.07) is 10.9. The molecule has 0 radical (unpaired) electrons. The average Bonchev–Trinajstić information content (AvgIpc) is 3.17. The van der Waals surface area contributed by atoms with Gasteiger partial charge >= 0.3 is 0 Å². The van der Waals surface area contributed by atoms with Gasteiger partial charge in [-0.25, -0.2) is 0 Å². The number of piperazine rings is 2. The third-order valence-corrected chi connectivity index (χ3v) is 5.43. The molecule has 2 aliphatic rings. The Labute approximate surface area is 167 Å². The lowest BCUT2D eigenvalue weighted by molar-refractivity contribution is 0.190. The molecule has 2 aliphatic heterocycles. The fourth-order valence-corrected chi connectivity index (χ4v) is 3.72. The molecule has 0 bridgehead atoms. The second-order valence-electron chi connectivity index (χ2n) is 7.16. The summed E-state index contributed by atoms with van der Waals surface area (Å²) in [5.74, 6) is 1.56. The van der Waals surface area contributed by atoms with E-state index < -0.39 is 0 Å². The molecule has 2 aromatic rings. The van der Waals surface area contributed by atoms with Gasteiger partial charge in [-0.2, -0.15) is 4.98 Å². The number of rotatable bonds is 5. The minimum absolute atomic E-state index is 0. The summed E-state index contributed by atoms with van der Waals surface area (Å²) in [5, 5.41) is 7.61. The molecule has 1 atom stereocenters. The highest BCUT2D eigenvalue weighted by molar-refractivity contribution is 5.85. The number of likely N-dealkylation sites (N-methyl/N-ethyl adjacent to an activating group) is 1. The van der Waals surface area contributed by atoms with Crippen LogP contribution >= 0.6 is 12.4 Å². The number of benzene rings is 1. The minimum atomic E-state index is 0. The zero-order valence-electron chi connectivity index (χ0n) is 15.9. The molecule has 8 heteroatoms. The highest BCUT2D eigenvalue weighted by atomic mass is 35.5. The molecule has 1 unspecified atom stereocenters. The van der Waals surface area contributed by atoms with Crippen molar-refractivity contribution >= 4 is 18.1 Å². The lowest BCUT2D eigenvalue weighted by Gasteiger charge is -2.35. The molecule has 2 saturated heterocycles. The first kappa shape index (κ1) is 20.1. The van der Waals surface area contributed by atoms with Crippen molar-refractivity contribution in [3.63, 3.8) is 0 Å². The van der Waals surface area contributed by atoms with Crippen molar-refractivity contribution in [1.82, 2.24) is 25.3 Å². The molecule has 1 aromatic carbocycles. The largest absolute Gasteiger partial charge is 0.369 e. The van der Waals surface area contributed by atoms with Gasteiger partial charge in [0.1, 0.15) is 0 Å². The molecule has 0 spiro atoms. The summed E-state index contributed by atoms with van der Waals surface area (Å²) in [6.45, 7) is 8.18. The fraction of sp³-hybridized carbons (Fsp3) is 0.579. The molecule has 2 fully saturated rings. The van der Waals surface area contributed by atoms with Crippen LogP contribution in [0.5, 0.6) is 0 Å². The van der Waals surface area contributed by atoms with Crippen LogP contribution in [0, 0.1) is 0 Å². The van der Waals surface area contributed by atoms with Crippen molar-refractivity contribution in [3.8, 4) is 0 Å². The molecule has 3 heterocycles. The van der Waals surface area contributed by atoms with Crippen LogP contribution < -0.4 is 10.2 Å². The Kier molecular flexibility index (Phi) is 7.07. The molecule has 148 valence electrons. The van der Waals surface area contributed by atoms with Gasteiger partial charge in [0.25, 0.3) is 0 Å². The number of anilines is 1. The molecular weight excluding hydrogens is 364 g/mol. The summed E-state index contributed by atoms with van der Waals surface area (Å²) in [5.41, 5.74) is 1.32. The second kappa shape index (κ2) is 9.50. The van der Waals surface area contributed by atoms with Crippen LogP contribution in [0.25, 0.3) is 0 Å². The third-order valence-electron chi connectivity index (χ3n) is 5.43. The van der Waals surface area contributed by atoms with Crippen LogP contribution in [0.3, 0.4) is 0 Å². The van der Waals surface area contributed by atoms with Gasteiger partial charge in [0, 0.05) is 64.5 Å². The Morgan fingerprint density at radius 1 is 1.11 bits per heavy atom. The maximum atomic E-state index is 5.50. The van der Waals surface area contributed by atoms with Gasteiger partial charge in [0.15, 0.2) is 5.82 Å². The lowest BCUT2D eigenvalue weighted by atomic mass is 10.2. The Morgan fingerprint density at radius 3 is 2.63 bits per heavy atom. The van der Waals surface area contributed by atoms with Gasteiger partial charge < -0.3 is 14.7 Å². The van der Waals surface area contributed by atoms with Gasteiger partial charge in [0.05, 0.1) is 6.04 Å². The Balaban J connectivity index is 0.00000210. The minimum Gasteiger partial charge on any atom is -0.369 e. The molecule has 0 saturated carbocycles. The van der Waals surface area contributed by atoms with Crippen molar-refractivity contribution in [2.75, 3.05) is 64.3 Å². The summed E-state index contributed by atoms with van der Waals surface area (Å²) >= 11 is 0. The predicted molar refractivity (Wildman–Crippen MR) is 109 cm³/mol. The number of nitrogens with one attached hydrogen (secondary N) is 1. The van der Waals surface area contributed by atoms with Crippen molar-refractivity contribution in [1.29, 1.82) is 0 Å². The van der Waals surface area contributed by atoms with Gasteiger partial charge in [-0.1, -0.05) is 23.4 Å². The van der Waals surface area contributed by atoms with Crippen molar-refractivity contribution in [2.24, 2.45) is 0 Å². The first-order valence-electron chi connectivity index (χ1n) is 9.55. The van der Waals surface area contributed by atoms with E-state index in [2.05, 4.69) is 67.5 Å². The van der Waals surface area contributed by atoms with E-state index in [1.54, 1.807) is 0 Å². The smallest absolute Gasteiger partial charge is 0.227 e. The Bertz CT molecular complexity index is 689. The number of para-hydroxylation sites is 1. The van der Waals surface area contributed by atoms with Crippen LogP contribution in [-0.2, 0) is 6.42 Å². The summed E-state index contributed by atoms with van der Waals surface area (Å²) in [7, 11) is 2.12. The third kappa shape index (κ3) is 4.99. The highest BCUT2D eigenvalue weighted by Gasteiger charge is 2.25. The van der Waals surface area contributed by atoms with E-state index in [4.69, 9.17) is 4.52 Å². The van der Waals surface area contributed by atoms with Crippen LogP contribution in [0.1, 0.15) is 17.8 Å². The second-order valence-corrected chi connectivity index (χ2v) is 7.16. The summed E-state index contributed by atoms with van der Waals surface area (Å²) < 4.78 is 5.50. The number of halogens is 1. The van der Waals surface area contributed by atoms with E-state index in [9.17, 15) is 0 Å². The molecule has 1 N–H and O–H groups in total. The zero-order valence-corrected chi connectivity index (χ0v) is 16.7. The van der Waals surface area contributed by atoms with E-state index in [1.165, 1.54) is 5.69 Å². The highest BCUT2D eigenvalue weighted by Crippen LogP contribution is 2.18. The molecule has 0 amide bonds. The average molecular weight is 393 g/mol. The maximum Gasteiger partial charge on any atom is 0.227 e. The maximum absolute atomic E-state index is 5.50. The lowest BCUT2D eigenvalue weighted by Crippen LogP contribution is -2.47. The molecule has 27 heavy (non-hydrogen) atoms. The molecule has 0 aliphatic carbocycles. The van der Waals surface area contributed by atoms with E-state index in [0.29, 0.717) is 0 Å². The van der Waals surface area contributed by atoms with E-state index in [-0.39, 0.29) is 18.4 Å². The van der Waals surface area contributed by atoms with Crippen molar-refractivity contribution in [2.45, 2.75) is 12.5 Å². The van der Waals surface area contributed by atoms with E-state index in [1.807, 2.05) is 0 Å². The number of nitrogens with zero attached hydrogens (tertiary/aromatic N) is 5. The number of aromatic nitrogens is 2. The zero-order chi connectivity index (χ0) is 17.8. The predicted octanol–water partition coefficient (Wildman–Crippen LogP) is 1.43. The Hall–Kier alpha value is -1.67. The first-order valence-corrected chi connectivity index (χ1v) is 9.55. The Morgan fingerprint density at radius 2 is 1.89 bits per heavy atom. The SMILES string of the molecule is CN1CCNCC1c1noc(CCN2CCN(c3ccccc3)CC2)n1.Cl. The fourth-order valence-electron chi connectivity index (χ4n) is 3.72. The topological polar surface area (TPSA) is 60.7 Å². The number of hydrogen-bond acceptors (Lipinski definition) is 7. The van der Waals surface area contributed by atoms with E-state index in [0.717, 1.165) is 70.5 Å².